The minimum absolute atomic E-state index is 0.0790. The molecule has 2 heterocycles. The fourth-order valence-electron chi connectivity index (χ4n) is 1.72. The van der Waals surface area contributed by atoms with E-state index >= 15 is 0 Å². The summed E-state index contributed by atoms with van der Waals surface area (Å²) in [6.07, 6.45) is 3.26. The lowest BCUT2D eigenvalue weighted by Gasteiger charge is -2.08. The lowest BCUT2D eigenvalue weighted by molar-refractivity contribution is 0.603. The normalized spacial score (nSPS) is 11.5. The van der Waals surface area contributed by atoms with E-state index in [4.69, 9.17) is 0 Å². The third-order valence-electron chi connectivity index (χ3n) is 2.71. The predicted molar refractivity (Wildman–Crippen MR) is 66.1 cm³/mol. The van der Waals surface area contributed by atoms with Crippen LogP contribution in [0.2, 0.25) is 0 Å². The molecule has 6 heteroatoms. The van der Waals surface area contributed by atoms with Crippen LogP contribution in [-0.4, -0.2) is 32.7 Å². The Morgan fingerprint density at radius 3 is 2.76 bits per heavy atom. The minimum Gasteiger partial charge on any atom is -0.318 e. The predicted octanol–water partition coefficient (Wildman–Crippen LogP) is 0.393. The maximum absolute atomic E-state index is 12.1. The highest BCUT2D eigenvalue weighted by Gasteiger charge is 2.11. The summed E-state index contributed by atoms with van der Waals surface area (Å²) in [5.74, 6) is 0. The molecule has 0 saturated heterocycles. The van der Waals surface area contributed by atoms with Crippen molar-refractivity contribution in [2.45, 2.75) is 26.4 Å². The number of nitrogens with zero attached hydrogens (tertiary/aromatic N) is 4. The van der Waals surface area contributed by atoms with Crippen LogP contribution >= 0.6 is 0 Å². The summed E-state index contributed by atoms with van der Waals surface area (Å²) in [5.41, 5.74) is 1.02. The van der Waals surface area contributed by atoms with Crippen molar-refractivity contribution in [2.24, 2.45) is 0 Å². The number of nitrogens with one attached hydrogen (secondary N) is 1. The van der Waals surface area contributed by atoms with Gasteiger partial charge >= 0.3 is 0 Å². The number of hydrogen-bond acceptors (Lipinski definition) is 4. The number of rotatable bonds is 4. The molecule has 0 fully saturated rings. The van der Waals surface area contributed by atoms with Gasteiger partial charge in [0.1, 0.15) is 6.33 Å². The number of aromatic nitrogens is 4. The number of fused-ring (bicyclic) bond motifs is 1. The van der Waals surface area contributed by atoms with E-state index in [0.717, 1.165) is 6.54 Å². The van der Waals surface area contributed by atoms with E-state index in [1.54, 1.807) is 17.2 Å². The second kappa shape index (κ2) is 4.67. The molecule has 0 unspecified atom stereocenters. The number of likely N-dealkylation sites (N-methyl/N-ethyl adjacent to an activating group) is 1. The first-order valence-corrected chi connectivity index (χ1v) is 5.71. The van der Waals surface area contributed by atoms with Crippen molar-refractivity contribution in [3.63, 3.8) is 0 Å². The highest BCUT2D eigenvalue weighted by molar-refractivity contribution is 5.69. The summed E-state index contributed by atoms with van der Waals surface area (Å²) in [6, 6.07) is 0.250. The maximum Gasteiger partial charge on any atom is 0.281 e. The lowest BCUT2D eigenvalue weighted by Crippen LogP contribution is -2.26. The van der Waals surface area contributed by atoms with E-state index in [1.807, 2.05) is 25.5 Å². The van der Waals surface area contributed by atoms with Crippen LogP contribution in [0.1, 0.15) is 19.9 Å². The van der Waals surface area contributed by atoms with Gasteiger partial charge < -0.3 is 9.88 Å². The minimum atomic E-state index is -0.0790. The standard InChI is InChI=1S/C11H17N5O/c1-8(2)16-7-13-9-10(16)14-6-15(11(9)17)5-4-12-3/h6-8,12H,4-5H2,1-3H3. The van der Waals surface area contributed by atoms with Gasteiger partial charge in [-0.3, -0.25) is 9.36 Å². The highest BCUT2D eigenvalue weighted by atomic mass is 16.1. The van der Waals surface area contributed by atoms with E-state index < -0.39 is 0 Å². The average molecular weight is 235 g/mol. The lowest BCUT2D eigenvalue weighted by atomic mass is 10.4. The topological polar surface area (TPSA) is 64.7 Å². The Balaban J connectivity index is 2.50. The van der Waals surface area contributed by atoms with Crippen molar-refractivity contribution >= 4 is 11.2 Å². The SMILES string of the molecule is CNCCn1cnc2c(ncn2C(C)C)c1=O. The van der Waals surface area contributed by atoms with E-state index in [0.29, 0.717) is 17.7 Å². The smallest absolute Gasteiger partial charge is 0.281 e. The van der Waals surface area contributed by atoms with Gasteiger partial charge in [-0.15, -0.1) is 0 Å². The first-order chi connectivity index (χ1) is 8.15. The molecule has 1 N–H and O–H groups in total. The molecule has 0 atom stereocenters. The van der Waals surface area contributed by atoms with Gasteiger partial charge in [-0.1, -0.05) is 0 Å². The van der Waals surface area contributed by atoms with Gasteiger partial charge in [0.2, 0.25) is 0 Å². The van der Waals surface area contributed by atoms with Crippen LogP contribution in [0.25, 0.3) is 11.2 Å². The third-order valence-corrected chi connectivity index (χ3v) is 2.71. The number of imidazole rings is 1. The van der Waals surface area contributed by atoms with Crippen LogP contribution in [0.15, 0.2) is 17.4 Å². The van der Waals surface area contributed by atoms with Crippen molar-refractivity contribution in [3.05, 3.63) is 23.0 Å². The largest absolute Gasteiger partial charge is 0.318 e. The Morgan fingerprint density at radius 1 is 1.35 bits per heavy atom. The fraction of sp³-hybridized carbons (Fsp3) is 0.545. The Morgan fingerprint density at radius 2 is 2.12 bits per heavy atom. The van der Waals surface area contributed by atoms with E-state index in [-0.39, 0.29) is 11.6 Å². The first-order valence-electron chi connectivity index (χ1n) is 5.71. The Bertz CT molecular complexity index is 569. The number of hydrogen-bond donors (Lipinski definition) is 1. The first kappa shape index (κ1) is 11.8. The zero-order valence-electron chi connectivity index (χ0n) is 10.3. The maximum atomic E-state index is 12.1. The molecule has 0 aliphatic heterocycles. The van der Waals surface area contributed by atoms with Gasteiger partial charge in [-0.05, 0) is 20.9 Å². The van der Waals surface area contributed by atoms with Crippen molar-refractivity contribution in [3.8, 4) is 0 Å². The summed E-state index contributed by atoms with van der Waals surface area (Å²) in [6.45, 7) is 5.41. The van der Waals surface area contributed by atoms with Crippen molar-refractivity contribution in [1.29, 1.82) is 0 Å². The second-order valence-electron chi connectivity index (χ2n) is 4.26. The molecular formula is C11H17N5O. The molecule has 0 amide bonds. The Kier molecular flexibility index (Phi) is 3.23. The molecule has 0 saturated carbocycles. The van der Waals surface area contributed by atoms with Gasteiger partial charge in [-0.25, -0.2) is 9.97 Å². The molecular weight excluding hydrogens is 218 g/mol. The summed E-state index contributed by atoms with van der Waals surface area (Å²) < 4.78 is 3.48. The van der Waals surface area contributed by atoms with Crippen molar-refractivity contribution in [1.82, 2.24) is 24.4 Å². The molecule has 0 aliphatic rings. The van der Waals surface area contributed by atoms with Gasteiger partial charge in [0.15, 0.2) is 11.2 Å². The van der Waals surface area contributed by atoms with Crippen molar-refractivity contribution in [2.75, 3.05) is 13.6 Å². The zero-order valence-corrected chi connectivity index (χ0v) is 10.3. The monoisotopic (exact) mass is 235 g/mol. The molecule has 2 aromatic heterocycles. The van der Waals surface area contributed by atoms with Crippen LogP contribution in [0.5, 0.6) is 0 Å². The summed E-state index contributed by atoms with van der Waals surface area (Å²) >= 11 is 0. The van der Waals surface area contributed by atoms with Gasteiger partial charge in [0, 0.05) is 19.1 Å². The highest BCUT2D eigenvalue weighted by Crippen LogP contribution is 2.11. The molecule has 0 radical (unpaired) electrons. The van der Waals surface area contributed by atoms with Crippen molar-refractivity contribution < 1.29 is 0 Å². The molecule has 0 bridgehead atoms. The second-order valence-corrected chi connectivity index (χ2v) is 4.26. The Labute approximate surface area is 99.3 Å². The molecule has 2 rings (SSSR count). The van der Waals surface area contributed by atoms with Crippen LogP contribution in [0, 0.1) is 0 Å². The van der Waals surface area contributed by atoms with E-state index in [9.17, 15) is 4.79 Å². The molecule has 0 spiro atoms. The van der Waals surface area contributed by atoms with Gasteiger partial charge in [-0.2, -0.15) is 0 Å². The quantitative estimate of drug-likeness (QED) is 0.832. The molecule has 0 aliphatic carbocycles. The average Bonchev–Trinajstić information content (AvgIpc) is 2.73. The summed E-state index contributed by atoms with van der Waals surface area (Å²) in [7, 11) is 1.85. The zero-order chi connectivity index (χ0) is 12.4. The van der Waals surface area contributed by atoms with E-state index in [2.05, 4.69) is 15.3 Å². The van der Waals surface area contributed by atoms with E-state index in [1.165, 1.54) is 0 Å². The van der Waals surface area contributed by atoms with Crippen LogP contribution < -0.4 is 10.9 Å². The fourth-order valence-corrected chi connectivity index (χ4v) is 1.72. The summed E-state index contributed by atoms with van der Waals surface area (Å²) in [5, 5.41) is 3.00. The summed E-state index contributed by atoms with van der Waals surface area (Å²) in [4.78, 5) is 20.6. The molecule has 17 heavy (non-hydrogen) atoms. The Hall–Kier alpha value is -1.69. The molecule has 92 valence electrons. The van der Waals surface area contributed by atoms with Crippen LogP contribution in [0.3, 0.4) is 0 Å². The molecule has 2 aromatic rings. The van der Waals surface area contributed by atoms with Gasteiger partial charge in [0.05, 0.1) is 6.33 Å². The third kappa shape index (κ3) is 2.08. The van der Waals surface area contributed by atoms with Gasteiger partial charge in [0.25, 0.3) is 5.56 Å². The molecule has 0 aromatic carbocycles. The van der Waals surface area contributed by atoms with Crippen LogP contribution in [-0.2, 0) is 6.54 Å². The van der Waals surface area contributed by atoms with Crippen LogP contribution in [0.4, 0.5) is 0 Å². The molecule has 6 nitrogen and oxygen atoms in total.